The molecule has 3 amide bonds. The Hall–Kier alpha value is -2.90. The molecule has 8 heteroatoms. The number of carbonyl (C=O) groups excluding carboxylic acids is 3. The molecule has 0 radical (unpaired) electrons. The summed E-state index contributed by atoms with van der Waals surface area (Å²) in [6, 6.07) is 13.7. The Balaban J connectivity index is 1.13. The Kier molecular flexibility index (Phi) is 7.04. The van der Waals surface area contributed by atoms with Crippen LogP contribution in [0.2, 0.25) is 5.02 Å². The van der Waals surface area contributed by atoms with Crippen LogP contribution in [0.4, 0.5) is 0 Å². The van der Waals surface area contributed by atoms with Gasteiger partial charge in [-0.2, -0.15) is 0 Å². The molecule has 0 saturated carbocycles. The van der Waals surface area contributed by atoms with Crippen LogP contribution in [-0.2, 0) is 16.1 Å². The number of rotatable bonds is 7. The fraction of sp³-hybridized carbons (Fsp3) is 0.464. The van der Waals surface area contributed by atoms with Crippen molar-refractivity contribution in [3.63, 3.8) is 0 Å². The van der Waals surface area contributed by atoms with E-state index in [1.54, 1.807) is 17.9 Å². The van der Waals surface area contributed by atoms with Crippen LogP contribution in [0.3, 0.4) is 0 Å². The zero-order valence-corrected chi connectivity index (χ0v) is 21.4. The number of carbonyl (C=O) groups is 3. The molecule has 3 aliphatic rings. The number of ether oxygens (including phenoxy) is 1. The summed E-state index contributed by atoms with van der Waals surface area (Å²) in [5, 5.41) is 3.18. The normalized spacial score (nSPS) is 23.1. The molecule has 0 aromatic heterocycles. The third kappa shape index (κ3) is 4.87. The van der Waals surface area contributed by atoms with Gasteiger partial charge in [0.2, 0.25) is 5.91 Å². The topological polar surface area (TPSA) is 79.0 Å². The number of hydrogen-bond acceptors (Lipinski definition) is 5. The molecular weight excluding hydrogens is 478 g/mol. The molecule has 36 heavy (non-hydrogen) atoms. The standard InChI is InChI=1S/C28H32ClN3O4/c1-28(12-9-25(33)30-27(28)35)32-18-23-22(26(32)34)7-3-8-24(23)36-16-4-13-31-14-10-19(11-15-31)20-5-2-6-21(29)17-20/h2-3,5-8,17,19H,4,9-16,18H2,1H3,(H,30,33,35)/t28-/m0/s1. The van der Waals surface area contributed by atoms with Gasteiger partial charge in [0.1, 0.15) is 11.3 Å². The van der Waals surface area contributed by atoms with Crippen LogP contribution in [0, 0.1) is 0 Å². The summed E-state index contributed by atoms with van der Waals surface area (Å²) in [6.45, 7) is 5.68. The lowest BCUT2D eigenvalue weighted by Gasteiger charge is -2.39. The highest BCUT2D eigenvalue weighted by Crippen LogP contribution is 2.38. The van der Waals surface area contributed by atoms with Crippen molar-refractivity contribution in [3.05, 3.63) is 64.2 Å². The first-order chi connectivity index (χ1) is 17.3. The second-order valence-corrected chi connectivity index (χ2v) is 10.6. The molecule has 0 unspecified atom stereocenters. The highest BCUT2D eigenvalue weighted by atomic mass is 35.5. The molecule has 2 saturated heterocycles. The molecule has 3 aliphatic heterocycles. The number of halogens is 1. The number of nitrogens with one attached hydrogen (secondary N) is 1. The van der Waals surface area contributed by atoms with Crippen LogP contribution in [-0.4, -0.2) is 59.3 Å². The quantitative estimate of drug-likeness (QED) is 0.448. The van der Waals surface area contributed by atoms with Gasteiger partial charge in [0.05, 0.1) is 13.2 Å². The second-order valence-electron chi connectivity index (χ2n) is 10.2. The molecule has 1 N–H and O–H groups in total. The molecule has 2 fully saturated rings. The predicted octanol–water partition coefficient (Wildman–Crippen LogP) is 4.14. The van der Waals surface area contributed by atoms with Gasteiger partial charge in [-0.15, -0.1) is 0 Å². The summed E-state index contributed by atoms with van der Waals surface area (Å²) >= 11 is 6.16. The van der Waals surface area contributed by atoms with Crippen LogP contribution in [0.15, 0.2) is 42.5 Å². The number of nitrogens with zero attached hydrogens (tertiary/aromatic N) is 2. The van der Waals surface area contributed by atoms with Crippen molar-refractivity contribution in [1.29, 1.82) is 0 Å². The molecule has 5 rings (SSSR count). The lowest BCUT2D eigenvalue weighted by molar-refractivity contribution is -0.142. The number of fused-ring (bicyclic) bond motifs is 1. The summed E-state index contributed by atoms with van der Waals surface area (Å²) < 4.78 is 6.13. The molecule has 190 valence electrons. The lowest BCUT2D eigenvalue weighted by Crippen LogP contribution is -2.61. The lowest BCUT2D eigenvalue weighted by atomic mass is 9.89. The van der Waals surface area contributed by atoms with E-state index in [1.165, 1.54) is 5.56 Å². The van der Waals surface area contributed by atoms with Crippen LogP contribution >= 0.6 is 11.6 Å². The smallest absolute Gasteiger partial charge is 0.255 e. The number of amides is 3. The van der Waals surface area contributed by atoms with Crippen molar-refractivity contribution in [2.24, 2.45) is 0 Å². The maximum atomic E-state index is 13.2. The minimum Gasteiger partial charge on any atom is -0.493 e. The maximum absolute atomic E-state index is 13.2. The largest absolute Gasteiger partial charge is 0.493 e. The second kappa shape index (κ2) is 10.2. The molecular formula is C28H32ClN3O4. The van der Waals surface area contributed by atoms with E-state index in [1.807, 2.05) is 24.3 Å². The number of piperidine rings is 2. The van der Waals surface area contributed by atoms with E-state index in [2.05, 4.69) is 22.3 Å². The molecule has 0 aliphatic carbocycles. The van der Waals surface area contributed by atoms with Crippen LogP contribution < -0.4 is 10.1 Å². The van der Waals surface area contributed by atoms with Gasteiger partial charge in [-0.1, -0.05) is 29.8 Å². The van der Waals surface area contributed by atoms with E-state index in [0.29, 0.717) is 36.8 Å². The average Bonchev–Trinajstić information content (AvgIpc) is 3.22. The number of hydrogen-bond donors (Lipinski definition) is 1. The van der Waals surface area contributed by atoms with Gasteiger partial charge in [-0.3, -0.25) is 19.7 Å². The highest BCUT2D eigenvalue weighted by molar-refractivity contribution is 6.30. The number of benzene rings is 2. The van der Waals surface area contributed by atoms with E-state index in [4.69, 9.17) is 16.3 Å². The molecule has 2 aromatic carbocycles. The first kappa shape index (κ1) is 24.8. The molecule has 2 aromatic rings. The molecule has 1 atom stereocenters. The molecule has 3 heterocycles. The molecule has 0 spiro atoms. The third-order valence-corrected chi connectivity index (χ3v) is 8.12. The van der Waals surface area contributed by atoms with Gasteiger partial charge in [-0.25, -0.2) is 0 Å². The van der Waals surface area contributed by atoms with Crippen LogP contribution in [0.5, 0.6) is 5.75 Å². The van der Waals surface area contributed by atoms with Gasteiger partial charge >= 0.3 is 0 Å². The zero-order valence-electron chi connectivity index (χ0n) is 20.6. The maximum Gasteiger partial charge on any atom is 0.255 e. The van der Waals surface area contributed by atoms with Crippen molar-refractivity contribution in [2.75, 3.05) is 26.2 Å². The van der Waals surface area contributed by atoms with E-state index in [-0.39, 0.29) is 18.2 Å². The summed E-state index contributed by atoms with van der Waals surface area (Å²) in [4.78, 5) is 41.4. The van der Waals surface area contributed by atoms with Crippen molar-refractivity contribution >= 4 is 29.3 Å². The highest BCUT2D eigenvalue weighted by Gasteiger charge is 2.49. The van der Waals surface area contributed by atoms with Gasteiger partial charge in [0, 0.05) is 29.1 Å². The van der Waals surface area contributed by atoms with E-state index < -0.39 is 11.4 Å². The van der Waals surface area contributed by atoms with Gasteiger partial charge < -0.3 is 14.5 Å². The van der Waals surface area contributed by atoms with Crippen molar-refractivity contribution in [3.8, 4) is 5.75 Å². The van der Waals surface area contributed by atoms with Crippen molar-refractivity contribution in [1.82, 2.24) is 15.1 Å². The SMILES string of the molecule is C[C@]1(N2Cc3c(OCCCN4CCC(c5cccc(Cl)c5)CC4)cccc3C2=O)CCC(=O)NC1=O. The Labute approximate surface area is 216 Å². The van der Waals surface area contributed by atoms with Crippen LogP contribution in [0.1, 0.15) is 66.4 Å². The van der Waals surface area contributed by atoms with Crippen molar-refractivity contribution < 1.29 is 19.1 Å². The van der Waals surface area contributed by atoms with Gasteiger partial charge in [0.15, 0.2) is 0 Å². The number of likely N-dealkylation sites (tertiary alicyclic amines) is 1. The summed E-state index contributed by atoms with van der Waals surface area (Å²) in [5.41, 5.74) is 1.67. The van der Waals surface area contributed by atoms with Gasteiger partial charge in [-0.05, 0) is 81.4 Å². The Morgan fingerprint density at radius 2 is 1.89 bits per heavy atom. The first-order valence-corrected chi connectivity index (χ1v) is 13.1. The summed E-state index contributed by atoms with van der Waals surface area (Å²) in [5.74, 6) is 0.361. The van der Waals surface area contributed by atoms with Gasteiger partial charge in [0.25, 0.3) is 11.8 Å². The first-order valence-electron chi connectivity index (χ1n) is 12.7. The monoisotopic (exact) mass is 509 g/mol. The minimum absolute atomic E-state index is 0.190. The third-order valence-electron chi connectivity index (χ3n) is 7.89. The summed E-state index contributed by atoms with van der Waals surface area (Å²) in [7, 11) is 0. The van der Waals surface area contributed by atoms with E-state index >= 15 is 0 Å². The Morgan fingerprint density at radius 1 is 1.11 bits per heavy atom. The summed E-state index contributed by atoms with van der Waals surface area (Å²) in [6.07, 6.45) is 3.70. The Morgan fingerprint density at radius 3 is 2.64 bits per heavy atom. The minimum atomic E-state index is -1.04. The fourth-order valence-electron chi connectivity index (χ4n) is 5.61. The fourth-order valence-corrected chi connectivity index (χ4v) is 5.81. The predicted molar refractivity (Wildman–Crippen MR) is 137 cm³/mol. The molecule has 7 nitrogen and oxygen atoms in total. The van der Waals surface area contributed by atoms with E-state index in [9.17, 15) is 14.4 Å². The van der Waals surface area contributed by atoms with E-state index in [0.717, 1.165) is 49.5 Å². The average molecular weight is 510 g/mol. The number of imide groups is 1. The zero-order chi connectivity index (χ0) is 25.3. The Bertz CT molecular complexity index is 1180. The van der Waals surface area contributed by atoms with Crippen molar-refractivity contribution in [2.45, 2.75) is 57.0 Å². The molecule has 0 bridgehead atoms. The van der Waals surface area contributed by atoms with Crippen LogP contribution in [0.25, 0.3) is 0 Å².